The zero-order chi connectivity index (χ0) is 13.5. The third kappa shape index (κ3) is 4.22. The van der Waals surface area contributed by atoms with Gasteiger partial charge in [0, 0.05) is 19.2 Å². The normalized spacial score (nSPS) is 10.1. The van der Waals surface area contributed by atoms with E-state index in [1.165, 1.54) is 11.3 Å². The second-order valence-corrected chi connectivity index (χ2v) is 4.79. The summed E-state index contributed by atoms with van der Waals surface area (Å²) in [6.07, 6.45) is 1.88. The predicted molar refractivity (Wildman–Crippen MR) is 71.7 cm³/mol. The van der Waals surface area contributed by atoms with Gasteiger partial charge in [0.1, 0.15) is 0 Å². The van der Waals surface area contributed by atoms with E-state index >= 15 is 0 Å². The maximum atomic E-state index is 11.6. The summed E-state index contributed by atoms with van der Waals surface area (Å²) < 4.78 is 0. The maximum absolute atomic E-state index is 11.6. The van der Waals surface area contributed by atoms with Gasteiger partial charge in [0.15, 0.2) is 0 Å². The second-order valence-electron chi connectivity index (χ2n) is 3.84. The Morgan fingerprint density at radius 1 is 1.32 bits per heavy atom. The first-order valence-corrected chi connectivity index (χ1v) is 6.70. The highest BCUT2D eigenvalue weighted by Crippen LogP contribution is 2.07. The Labute approximate surface area is 114 Å². The molecule has 0 aromatic carbocycles. The Morgan fingerprint density at radius 2 is 2.21 bits per heavy atom. The molecular weight excluding hydrogens is 264 g/mol. The van der Waals surface area contributed by atoms with Crippen molar-refractivity contribution in [3.63, 3.8) is 0 Å². The van der Waals surface area contributed by atoms with Crippen molar-refractivity contribution < 1.29 is 9.59 Å². The molecule has 0 saturated heterocycles. The summed E-state index contributed by atoms with van der Waals surface area (Å²) in [5.41, 5.74) is 0.843. The first kappa shape index (κ1) is 13.3. The molecule has 100 valence electrons. The lowest BCUT2D eigenvalue weighted by atomic mass is 10.3. The summed E-state index contributed by atoms with van der Waals surface area (Å²) in [5, 5.41) is 13.8. The van der Waals surface area contributed by atoms with Crippen LogP contribution in [0.5, 0.6) is 0 Å². The Morgan fingerprint density at radius 3 is 2.89 bits per heavy atom. The van der Waals surface area contributed by atoms with Crippen LogP contribution in [-0.4, -0.2) is 28.6 Å². The average Bonchev–Trinajstić information content (AvgIpc) is 3.09. The summed E-state index contributed by atoms with van der Waals surface area (Å²) in [5.74, 6) is -0.252. The number of hydrogen-bond acceptors (Lipinski definition) is 4. The molecule has 7 heteroatoms. The molecular formula is C12H14N4O2S. The fraction of sp³-hybridized carbons (Fsp3) is 0.250. The molecule has 0 atom stereocenters. The maximum Gasteiger partial charge on any atom is 0.261 e. The molecule has 2 rings (SSSR count). The van der Waals surface area contributed by atoms with Crippen LogP contribution in [0.25, 0.3) is 0 Å². The van der Waals surface area contributed by atoms with Crippen molar-refractivity contribution in [2.75, 3.05) is 6.54 Å². The van der Waals surface area contributed by atoms with Gasteiger partial charge in [-0.25, -0.2) is 0 Å². The van der Waals surface area contributed by atoms with E-state index in [0.29, 0.717) is 18.0 Å². The lowest BCUT2D eigenvalue weighted by molar-refractivity contribution is -0.121. The molecule has 0 aliphatic heterocycles. The van der Waals surface area contributed by atoms with E-state index in [4.69, 9.17) is 0 Å². The third-order valence-corrected chi connectivity index (χ3v) is 3.29. The first-order valence-electron chi connectivity index (χ1n) is 5.82. The Hall–Kier alpha value is -2.15. The van der Waals surface area contributed by atoms with Crippen molar-refractivity contribution in [2.24, 2.45) is 0 Å². The molecule has 0 fully saturated rings. The third-order valence-electron chi connectivity index (χ3n) is 2.42. The van der Waals surface area contributed by atoms with E-state index < -0.39 is 0 Å². The topological polar surface area (TPSA) is 86.9 Å². The number of amides is 2. The van der Waals surface area contributed by atoms with Gasteiger partial charge in [0.2, 0.25) is 5.91 Å². The molecule has 0 aliphatic carbocycles. The van der Waals surface area contributed by atoms with Crippen LogP contribution in [0.4, 0.5) is 0 Å². The van der Waals surface area contributed by atoms with Crippen molar-refractivity contribution in [1.29, 1.82) is 0 Å². The Bertz CT molecular complexity index is 522. The number of thiophene rings is 1. The van der Waals surface area contributed by atoms with E-state index in [-0.39, 0.29) is 18.2 Å². The molecule has 3 N–H and O–H groups in total. The number of hydrogen-bond donors (Lipinski definition) is 3. The SMILES string of the molecule is O=C(CCNC(=O)c1cccs1)NCc1ccn[nH]1. The number of nitrogens with one attached hydrogen (secondary N) is 3. The highest BCUT2D eigenvalue weighted by Gasteiger charge is 2.07. The number of carbonyl (C=O) groups is 2. The summed E-state index contributed by atoms with van der Waals surface area (Å²) in [7, 11) is 0. The molecule has 0 aliphatic rings. The van der Waals surface area contributed by atoms with Gasteiger partial charge in [-0.2, -0.15) is 5.10 Å². The lowest BCUT2D eigenvalue weighted by Gasteiger charge is -2.05. The molecule has 2 aromatic rings. The van der Waals surface area contributed by atoms with Crippen molar-refractivity contribution in [3.8, 4) is 0 Å². The Balaban J connectivity index is 1.63. The van der Waals surface area contributed by atoms with Crippen molar-refractivity contribution in [1.82, 2.24) is 20.8 Å². The highest BCUT2D eigenvalue weighted by molar-refractivity contribution is 7.12. The van der Waals surface area contributed by atoms with Crippen LogP contribution < -0.4 is 10.6 Å². The van der Waals surface area contributed by atoms with Crippen LogP contribution in [0.2, 0.25) is 0 Å². The predicted octanol–water partition coefficient (Wildman–Crippen LogP) is 0.908. The molecule has 0 saturated carbocycles. The fourth-order valence-electron chi connectivity index (χ4n) is 1.45. The van der Waals surface area contributed by atoms with E-state index in [9.17, 15) is 9.59 Å². The van der Waals surface area contributed by atoms with Crippen LogP contribution in [0.15, 0.2) is 29.8 Å². The van der Waals surface area contributed by atoms with E-state index in [2.05, 4.69) is 20.8 Å². The lowest BCUT2D eigenvalue weighted by Crippen LogP contribution is -2.30. The van der Waals surface area contributed by atoms with Gasteiger partial charge in [0.25, 0.3) is 5.91 Å². The largest absolute Gasteiger partial charge is 0.351 e. The van der Waals surface area contributed by atoms with Crippen LogP contribution in [-0.2, 0) is 11.3 Å². The fourth-order valence-corrected chi connectivity index (χ4v) is 2.09. The Kier molecular flexibility index (Phi) is 4.68. The number of rotatable bonds is 6. The minimum absolute atomic E-state index is 0.110. The van der Waals surface area contributed by atoms with Crippen molar-refractivity contribution in [3.05, 3.63) is 40.3 Å². The van der Waals surface area contributed by atoms with Gasteiger partial charge in [-0.3, -0.25) is 14.7 Å². The van der Waals surface area contributed by atoms with E-state index in [0.717, 1.165) is 5.69 Å². The average molecular weight is 278 g/mol. The molecule has 2 amide bonds. The highest BCUT2D eigenvalue weighted by atomic mass is 32.1. The monoisotopic (exact) mass is 278 g/mol. The standard InChI is InChI=1S/C12H14N4O2S/c17-11(14-8-9-3-6-15-16-9)4-5-13-12(18)10-2-1-7-19-10/h1-3,6-7H,4-5,8H2,(H,13,18)(H,14,17)(H,15,16). The molecule has 2 aromatic heterocycles. The summed E-state index contributed by atoms with van der Waals surface area (Å²) in [6.45, 7) is 0.739. The minimum atomic E-state index is -0.142. The van der Waals surface area contributed by atoms with Crippen molar-refractivity contribution >= 4 is 23.2 Å². The number of aromatic nitrogens is 2. The van der Waals surface area contributed by atoms with Gasteiger partial charge in [-0.15, -0.1) is 11.3 Å². The summed E-state index contributed by atoms with van der Waals surface area (Å²) in [6, 6.07) is 5.36. The van der Waals surface area contributed by atoms with Crippen LogP contribution >= 0.6 is 11.3 Å². The van der Waals surface area contributed by atoms with Gasteiger partial charge in [-0.05, 0) is 17.5 Å². The number of nitrogens with zero attached hydrogens (tertiary/aromatic N) is 1. The zero-order valence-electron chi connectivity index (χ0n) is 10.2. The molecule has 0 radical (unpaired) electrons. The van der Waals surface area contributed by atoms with Crippen LogP contribution in [0.3, 0.4) is 0 Å². The number of H-pyrrole nitrogens is 1. The summed E-state index contributed by atoms with van der Waals surface area (Å²) >= 11 is 1.37. The van der Waals surface area contributed by atoms with Gasteiger partial charge < -0.3 is 10.6 Å². The van der Waals surface area contributed by atoms with Gasteiger partial charge in [-0.1, -0.05) is 6.07 Å². The van der Waals surface area contributed by atoms with Crippen molar-refractivity contribution in [2.45, 2.75) is 13.0 Å². The van der Waals surface area contributed by atoms with Crippen LogP contribution in [0, 0.1) is 0 Å². The van der Waals surface area contributed by atoms with Gasteiger partial charge >= 0.3 is 0 Å². The summed E-state index contributed by atoms with van der Waals surface area (Å²) in [4.78, 5) is 23.7. The number of aromatic amines is 1. The smallest absolute Gasteiger partial charge is 0.261 e. The molecule has 0 spiro atoms. The minimum Gasteiger partial charge on any atom is -0.351 e. The molecule has 0 bridgehead atoms. The molecule has 6 nitrogen and oxygen atoms in total. The second kappa shape index (κ2) is 6.69. The molecule has 19 heavy (non-hydrogen) atoms. The molecule has 2 heterocycles. The van der Waals surface area contributed by atoms with Crippen LogP contribution in [0.1, 0.15) is 21.8 Å². The van der Waals surface area contributed by atoms with Gasteiger partial charge in [0.05, 0.1) is 17.1 Å². The molecule has 0 unspecified atom stereocenters. The number of carbonyl (C=O) groups excluding carboxylic acids is 2. The van der Waals surface area contributed by atoms with E-state index in [1.54, 1.807) is 18.3 Å². The van der Waals surface area contributed by atoms with E-state index in [1.807, 2.05) is 11.4 Å². The zero-order valence-corrected chi connectivity index (χ0v) is 11.0. The first-order chi connectivity index (χ1) is 9.25. The quantitative estimate of drug-likeness (QED) is 0.734.